The van der Waals surface area contributed by atoms with Crippen LogP contribution in [0.25, 0.3) is 11.3 Å². The van der Waals surface area contributed by atoms with Crippen LogP contribution >= 0.6 is 22.9 Å². The second-order valence-electron chi connectivity index (χ2n) is 8.19. The van der Waals surface area contributed by atoms with E-state index in [1.165, 1.54) is 23.7 Å². The average molecular weight is 545 g/mol. The lowest BCUT2D eigenvalue weighted by atomic mass is 9.92. The first kappa shape index (κ1) is 27.3. The second-order valence-corrected chi connectivity index (χ2v) is 9.46. The predicted molar refractivity (Wildman–Crippen MR) is 129 cm³/mol. The minimum atomic E-state index is -4.85. The zero-order chi connectivity index (χ0) is 26.6. The van der Waals surface area contributed by atoms with Crippen LogP contribution in [0.3, 0.4) is 0 Å². The van der Waals surface area contributed by atoms with Crippen molar-refractivity contribution in [3.8, 4) is 11.3 Å². The Kier molecular flexibility index (Phi) is 8.51. The van der Waals surface area contributed by atoms with Crippen LogP contribution in [0.15, 0.2) is 35.8 Å². The Morgan fingerprint density at radius 3 is 2.58 bits per heavy atom. The SMILES string of the molecule is CC(C)C(CNc1ncc(C(=O)Nc2nc(-c3cccc(C(F)(F)F)c3F)cs2)cc1Cl)CC(=O)O. The maximum atomic E-state index is 14.4. The summed E-state index contributed by atoms with van der Waals surface area (Å²) in [6, 6.07) is 4.24. The number of benzene rings is 1. The molecule has 0 saturated heterocycles. The molecule has 1 amide bonds. The highest BCUT2D eigenvalue weighted by Gasteiger charge is 2.35. The maximum Gasteiger partial charge on any atom is 0.419 e. The number of carbonyl (C=O) groups is 2. The van der Waals surface area contributed by atoms with Crippen LogP contribution in [0.1, 0.15) is 36.2 Å². The standard InChI is InChI=1S/C23H21ClF4N4O3S/c1-11(2)12(7-18(33)34)8-29-20-16(24)6-13(9-30-20)21(35)32-22-31-17(10-36-22)14-4-3-5-15(19(14)25)23(26,27)28/h3-6,9-12H,7-8H2,1-2H3,(H,29,30)(H,33,34)(H,31,32,35). The molecule has 0 fully saturated rings. The van der Waals surface area contributed by atoms with Crippen LogP contribution < -0.4 is 10.6 Å². The molecule has 0 spiro atoms. The Labute approximate surface area is 212 Å². The maximum absolute atomic E-state index is 14.4. The summed E-state index contributed by atoms with van der Waals surface area (Å²) >= 11 is 7.14. The van der Waals surface area contributed by atoms with Crippen molar-refractivity contribution in [3.63, 3.8) is 0 Å². The summed E-state index contributed by atoms with van der Waals surface area (Å²) < 4.78 is 53.3. The topological polar surface area (TPSA) is 104 Å². The van der Waals surface area contributed by atoms with Crippen LogP contribution in [0.4, 0.5) is 28.5 Å². The Balaban J connectivity index is 1.70. The molecular weight excluding hydrogens is 524 g/mol. The lowest BCUT2D eigenvalue weighted by molar-refractivity contribution is -0.140. The highest BCUT2D eigenvalue weighted by molar-refractivity contribution is 7.14. The number of alkyl halides is 3. The van der Waals surface area contributed by atoms with Crippen LogP contribution in [0.2, 0.25) is 5.02 Å². The number of carbonyl (C=O) groups excluding carboxylic acids is 1. The van der Waals surface area contributed by atoms with Crippen molar-refractivity contribution in [2.24, 2.45) is 11.8 Å². The Hall–Kier alpha value is -3.25. The van der Waals surface area contributed by atoms with E-state index >= 15 is 0 Å². The molecule has 1 aromatic carbocycles. The zero-order valence-corrected chi connectivity index (χ0v) is 20.6. The molecule has 2 aromatic heterocycles. The molecule has 3 aromatic rings. The van der Waals surface area contributed by atoms with Gasteiger partial charge in [0.2, 0.25) is 0 Å². The van der Waals surface area contributed by atoms with E-state index in [1.807, 2.05) is 13.8 Å². The third-order valence-electron chi connectivity index (χ3n) is 5.32. The van der Waals surface area contributed by atoms with Gasteiger partial charge in [0.25, 0.3) is 5.91 Å². The van der Waals surface area contributed by atoms with Gasteiger partial charge < -0.3 is 10.4 Å². The summed E-state index contributed by atoms with van der Waals surface area (Å²) in [6.45, 7) is 4.13. The molecule has 0 aliphatic heterocycles. The number of halogens is 5. The molecule has 0 bridgehead atoms. The van der Waals surface area contributed by atoms with Gasteiger partial charge >= 0.3 is 12.1 Å². The highest BCUT2D eigenvalue weighted by atomic mass is 35.5. The molecule has 36 heavy (non-hydrogen) atoms. The Bertz CT molecular complexity index is 1270. The first-order chi connectivity index (χ1) is 16.9. The van der Waals surface area contributed by atoms with Gasteiger partial charge in [-0.25, -0.2) is 14.4 Å². The molecule has 3 rings (SSSR count). The number of anilines is 2. The van der Waals surface area contributed by atoms with E-state index in [0.29, 0.717) is 12.6 Å². The number of aliphatic carboxylic acids is 1. The number of amides is 1. The fourth-order valence-corrected chi connectivity index (χ4v) is 4.20. The summed E-state index contributed by atoms with van der Waals surface area (Å²) in [5.41, 5.74) is -1.73. The number of thiazole rings is 1. The fourth-order valence-electron chi connectivity index (χ4n) is 3.26. The number of hydrogen-bond acceptors (Lipinski definition) is 6. The lowest BCUT2D eigenvalue weighted by Gasteiger charge is -2.20. The van der Waals surface area contributed by atoms with Gasteiger partial charge in [-0.05, 0) is 30.0 Å². The summed E-state index contributed by atoms with van der Waals surface area (Å²) in [5.74, 6) is -2.78. The van der Waals surface area contributed by atoms with Crippen molar-refractivity contribution in [2.45, 2.75) is 26.4 Å². The number of carboxylic acids is 1. The first-order valence-corrected chi connectivity index (χ1v) is 11.9. The molecule has 192 valence electrons. The summed E-state index contributed by atoms with van der Waals surface area (Å²) in [7, 11) is 0. The minimum Gasteiger partial charge on any atom is -0.481 e. The summed E-state index contributed by atoms with van der Waals surface area (Å²) in [5, 5.41) is 16.0. The molecule has 2 heterocycles. The molecular formula is C23H21ClF4N4O3S. The number of aromatic nitrogens is 2. The normalized spacial score (nSPS) is 12.4. The molecule has 0 aliphatic rings. The molecule has 0 saturated carbocycles. The largest absolute Gasteiger partial charge is 0.481 e. The van der Waals surface area contributed by atoms with Gasteiger partial charge in [-0.3, -0.25) is 14.9 Å². The van der Waals surface area contributed by atoms with Crippen molar-refractivity contribution >= 4 is 45.8 Å². The molecule has 1 unspecified atom stereocenters. The van der Waals surface area contributed by atoms with Gasteiger partial charge in [-0.2, -0.15) is 13.2 Å². The van der Waals surface area contributed by atoms with E-state index in [9.17, 15) is 27.2 Å². The Morgan fingerprint density at radius 2 is 1.97 bits per heavy atom. The van der Waals surface area contributed by atoms with Crippen LogP contribution in [-0.4, -0.2) is 33.5 Å². The van der Waals surface area contributed by atoms with Crippen molar-refractivity contribution in [1.82, 2.24) is 9.97 Å². The first-order valence-electron chi connectivity index (χ1n) is 10.6. The molecule has 0 radical (unpaired) electrons. The third kappa shape index (κ3) is 6.70. The van der Waals surface area contributed by atoms with E-state index in [0.717, 1.165) is 17.4 Å². The lowest BCUT2D eigenvalue weighted by Crippen LogP contribution is -2.23. The second kappa shape index (κ2) is 11.2. The number of hydrogen-bond donors (Lipinski definition) is 3. The zero-order valence-electron chi connectivity index (χ0n) is 19.0. The van der Waals surface area contributed by atoms with E-state index in [-0.39, 0.29) is 51.0 Å². The smallest absolute Gasteiger partial charge is 0.419 e. The van der Waals surface area contributed by atoms with Crippen molar-refractivity contribution in [3.05, 3.63) is 57.8 Å². The monoisotopic (exact) mass is 544 g/mol. The van der Waals surface area contributed by atoms with Crippen molar-refractivity contribution in [1.29, 1.82) is 0 Å². The summed E-state index contributed by atoms with van der Waals surface area (Å²) in [4.78, 5) is 31.8. The molecule has 1 atom stereocenters. The van der Waals surface area contributed by atoms with E-state index in [1.54, 1.807) is 0 Å². The van der Waals surface area contributed by atoms with E-state index in [4.69, 9.17) is 16.7 Å². The molecule has 0 aliphatic carbocycles. The van der Waals surface area contributed by atoms with Crippen molar-refractivity contribution < 1.29 is 32.3 Å². The van der Waals surface area contributed by atoms with Gasteiger partial charge in [-0.1, -0.05) is 31.5 Å². The number of pyridine rings is 1. The quantitative estimate of drug-likeness (QED) is 0.268. The van der Waals surface area contributed by atoms with Crippen LogP contribution in [-0.2, 0) is 11.0 Å². The minimum absolute atomic E-state index is 0.0248. The third-order valence-corrected chi connectivity index (χ3v) is 6.37. The van der Waals surface area contributed by atoms with Gasteiger partial charge in [0.15, 0.2) is 5.13 Å². The molecule has 3 N–H and O–H groups in total. The number of rotatable bonds is 9. The van der Waals surface area contributed by atoms with Gasteiger partial charge in [0.05, 0.1) is 28.3 Å². The van der Waals surface area contributed by atoms with Crippen LogP contribution in [0.5, 0.6) is 0 Å². The molecule has 13 heteroatoms. The predicted octanol–water partition coefficient (Wildman–Crippen LogP) is 6.43. The summed E-state index contributed by atoms with van der Waals surface area (Å²) in [6.07, 6.45) is -3.62. The van der Waals surface area contributed by atoms with E-state index in [2.05, 4.69) is 20.6 Å². The van der Waals surface area contributed by atoms with Gasteiger partial charge in [-0.15, -0.1) is 11.3 Å². The van der Waals surface area contributed by atoms with E-state index < -0.39 is 29.4 Å². The number of nitrogens with one attached hydrogen (secondary N) is 2. The van der Waals surface area contributed by atoms with Gasteiger partial charge in [0, 0.05) is 23.7 Å². The Morgan fingerprint density at radius 1 is 1.25 bits per heavy atom. The molecule has 7 nitrogen and oxygen atoms in total. The van der Waals surface area contributed by atoms with Crippen LogP contribution in [0, 0.1) is 17.7 Å². The highest BCUT2D eigenvalue weighted by Crippen LogP contribution is 2.36. The number of nitrogens with zero attached hydrogens (tertiary/aromatic N) is 2. The fraction of sp³-hybridized carbons (Fsp3) is 0.304. The number of carboxylic acid groups (broad SMARTS) is 1. The van der Waals surface area contributed by atoms with Gasteiger partial charge in [0.1, 0.15) is 11.6 Å². The van der Waals surface area contributed by atoms with Crippen molar-refractivity contribution in [2.75, 3.05) is 17.2 Å². The average Bonchev–Trinajstić information content (AvgIpc) is 3.24.